The Balaban J connectivity index is 1.61. The predicted octanol–water partition coefficient (Wildman–Crippen LogP) is 2.08. The maximum Gasteiger partial charge on any atom is 0.289 e. The molecule has 0 spiro atoms. The van der Waals surface area contributed by atoms with E-state index in [4.69, 9.17) is 4.42 Å². The highest BCUT2D eigenvalue weighted by Gasteiger charge is 2.27. The minimum Gasteiger partial charge on any atom is -0.459 e. The molecule has 1 fully saturated rings. The van der Waals surface area contributed by atoms with Crippen LogP contribution in [0, 0.1) is 6.92 Å². The number of nitrogens with one attached hydrogen (secondary N) is 1. The predicted molar refractivity (Wildman–Crippen MR) is 82.0 cm³/mol. The molecule has 0 aliphatic carbocycles. The highest BCUT2D eigenvalue weighted by molar-refractivity contribution is 7.09. The van der Waals surface area contributed by atoms with Gasteiger partial charge < -0.3 is 14.6 Å². The Hall–Kier alpha value is -2.15. The van der Waals surface area contributed by atoms with Crippen LogP contribution >= 0.6 is 11.3 Å². The van der Waals surface area contributed by atoms with E-state index in [1.54, 1.807) is 22.4 Å². The fourth-order valence-electron chi connectivity index (χ4n) is 2.56. The van der Waals surface area contributed by atoms with Crippen LogP contribution in [0.3, 0.4) is 0 Å². The molecule has 2 aromatic heterocycles. The number of carbonyl (C=O) groups is 2. The fourth-order valence-corrected chi connectivity index (χ4v) is 3.16. The van der Waals surface area contributed by atoms with Crippen molar-refractivity contribution < 1.29 is 14.0 Å². The lowest BCUT2D eigenvalue weighted by atomic mass is 10.1. The van der Waals surface area contributed by atoms with E-state index in [2.05, 4.69) is 10.3 Å². The number of hydrogen-bond acceptors (Lipinski definition) is 5. The molecule has 3 rings (SSSR count). The summed E-state index contributed by atoms with van der Waals surface area (Å²) < 4.78 is 5.15. The molecule has 0 bridgehead atoms. The molecule has 1 aliphatic rings. The van der Waals surface area contributed by atoms with Crippen molar-refractivity contribution in [1.29, 1.82) is 0 Å². The van der Waals surface area contributed by atoms with Gasteiger partial charge in [0.1, 0.15) is 5.69 Å². The largest absolute Gasteiger partial charge is 0.459 e. The molecule has 1 aliphatic heterocycles. The molecule has 2 aromatic rings. The quantitative estimate of drug-likeness (QED) is 0.940. The van der Waals surface area contributed by atoms with Crippen molar-refractivity contribution in [2.24, 2.45) is 0 Å². The maximum absolute atomic E-state index is 12.3. The van der Waals surface area contributed by atoms with Crippen LogP contribution in [0.5, 0.6) is 0 Å². The highest BCUT2D eigenvalue weighted by atomic mass is 32.1. The van der Waals surface area contributed by atoms with Crippen LogP contribution in [-0.4, -0.2) is 40.8 Å². The summed E-state index contributed by atoms with van der Waals surface area (Å²) in [7, 11) is 0. The van der Waals surface area contributed by atoms with E-state index in [1.807, 2.05) is 6.92 Å². The molecule has 116 valence electrons. The van der Waals surface area contributed by atoms with Gasteiger partial charge in [-0.1, -0.05) is 0 Å². The van der Waals surface area contributed by atoms with Crippen LogP contribution in [0.4, 0.5) is 0 Å². The number of hydrogen-bond donors (Lipinski definition) is 1. The van der Waals surface area contributed by atoms with E-state index >= 15 is 0 Å². The molecule has 0 saturated carbocycles. The molecule has 2 amide bonds. The minimum atomic E-state index is -0.179. The third kappa shape index (κ3) is 3.19. The van der Waals surface area contributed by atoms with E-state index in [9.17, 15) is 9.59 Å². The first-order chi connectivity index (χ1) is 10.6. The number of carbonyl (C=O) groups excluding carboxylic acids is 2. The molecular formula is C15H17N3O3S. The number of thiazole rings is 1. The van der Waals surface area contributed by atoms with Gasteiger partial charge in [0.25, 0.3) is 11.8 Å². The first kappa shape index (κ1) is 14.8. The Morgan fingerprint density at radius 1 is 1.50 bits per heavy atom. The Morgan fingerprint density at radius 3 is 3.05 bits per heavy atom. The van der Waals surface area contributed by atoms with Gasteiger partial charge in [-0.15, -0.1) is 11.3 Å². The van der Waals surface area contributed by atoms with Crippen molar-refractivity contribution in [1.82, 2.24) is 15.2 Å². The summed E-state index contributed by atoms with van der Waals surface area (Å²) in [4.78, 5) is 30.3. The summed E-state index contributed by atoms with van der Waals surface area (Å²) in [6.07, 6.45) is 3.20. The Labute approximate surface area is 132 Å². The van der Waals surface area contributed by atoms with Gasteiger partial charge in [0.15, 0.2) is 5.76 Å². The molecule has 22 heavy (non-hydrogen) atoms. The van der Waals surface area contributed by atoms with E-state index in [0.717, 1.165) is 17.8 Å². The van der Waals surface area contributed by atoms with Gasteiger partial charge in [-0.25, -0.2) is 4.98 Å². The zero-order valence-electron chi connectivity index (χ0n) is 12.2. The van der Waals surface area contributed by atoms with Crippen molar-refractivity contribution in [3.8, 4) is 0 Å². The average Bonchev–Trinajstić information content (AvgIpc) is 3.18. The lowest BCUT2D eigenvalue weighted by Crippen LogP contribution is -2.49. The van der Waals surface area contributed by atoms with Gasteiger partial charge in [0.2, 0.25) is 0 Å². The maximum atomic E-state index is 12.3. The van der Waals surface area contributed by atoms with Crippen molar-refractivity contribution in [3.05, 3.63) is 40.2 Å². The van der Waals surface area contributed by atoms with Gasteiger partial charge in [0.05, 0.1) is 11.3 Å². The Morgan fingerprint density at radius 2 is 2.36 bits per heavy atom. The van der Waals surface area contributed by atoms with Crippen molar-refractivity contribution in [2.75, 3.05) is 13.1 Å². The second-order valence-corrected chi connectivity index (χ2v) is 6.36. The third-order valence-corrected chi connectivity index (χ3v) is 4.40. The van der Waals surface area contributed by atoms with Gasteiger partial charge in [0, 0.05) is 24.5 Å². The number of likely N-dealkylation sites (tertiary alicyclic amines) is 1. The average molecular weight is 319 g/mol. The zero-order chi connectivity index (χ0) is 15.5. The first-order valence-corrected chi connectivity index (χ1v) is 8.07. The summed E-state index contributed by atoms with van der Waals surface area (Å²) in [6.45, 7) is 3.04. The molecule has 0 radical (unpaired) electrons. The number of rotatable bonds is 3. The third-order valence-electron chi connectivity index (χ3n) is 3.63. The Kier molecular flexibility index (Phi) is 4.24. The molecule has 7 heteroatoms. The summed E-state index contributed by atoms with van der Waals surface area (Å²) in [5.41, 5.74) is 0.442. The first-order valence-electron chi connectivity index (χ1n) is 7.19. The molecule has 6 nitrogen and oxygen atoms in total. The van der Waals surface area contributed by atoms with E-state index < -0.39 is 0 Å². The molecule has 1 atom stereocenters. The van der Waals surface area contributed by atoms with Crippen LogP contribution in [0.1, 0.15) is 38.9 Å². The molecular weight excluding hydrogens is 302 g/mol. The second-order valence-electron chi connectivity index (χ2n) is 5.29. The van der Waals surface area contributed by atoms with E-state index in [0.29, 0.717) is 24.5 Å². The number of piperidine rings is 1. The second kappa shape index (κ2) is 6.31. The normalized spacial score (nSPS) is 18.2. The lowest BCUT2D eigenvalue weighted by molar-refractivity contribution is 0.0646. The topological polar surface area (TPSA) is 75.4 Å². The van der Waals surface area contributed by atoms with Crippen LogP contribution < -0.4 is 5.32 Å². The standard InChI is InChI=1S/C15H17N3O3S/c1-10-16-12(9-22-10)14(19)17-11-4-2-6-18(8-11)15(20)13-5-3-7-21-13/h3,5,7,9,11H,2,4,6,8H2,1H3,(H,17,19). The number of aromatic nitrogens is 1. The van der Waals surface area contributed by atoms with Crippen molar-refractivity contribution in [3.63, 3.8) is 0 Å². The van der Waals surface area contributed by atoms with Crippen molar-refractivity contribution >= 4 is 23.2 Å². The fraction of sp³-hybridized carbons (Fsp3) is 0.400. The highest BCUT2D eigenvalue weighted by Crippen LogP contribution is 2.15. The number of amides is 2. The van der Waals surface area contributed by atoms with Crippen LogP contribution in [0.15, 0.2) is 28.2 Å². The summed E-state index contributed by atoms with van der Waals surface area (Å²) in [6, 6.07) is 3.30. The summed E-state index contributed by atoms with van der Waals surface area (Å²) >= 11 is 1.45. The van der Waals surface area contributed by atoms with Gasteiger partial charge >= 0.3 is 0 Å². The SMILES string of the molecule is Cc1nc(C(=O)NC2CCCN(C(=O)c3ccco3)C2)cs1. The number of aryl methyl sites for hydroxylation is 1. The monoisotopic (exact) mass is 319 g/mol. The molecule has 1 saturated heterocycles. The molecule has 3 heterocycles. The smallest absolute Gasteiger partial charge is 0.289 e. The van der Waals surface area contributed by atoms with Gasteiger partial charge in [-0.2, -0.15) is 0 Å². The number of furan rings is 1. The summed E-state index contributed by atoms with van der Waals surface area (Å²) in [5, 5.41) is 5.57. The van der Waals surface area contributed by atoms with Gasteiger partial charge in [-0.3, -0.25) is 9.59 Å². The van der Waals surface area contributed by atoms with E-state index in [1.165, 1.54) is 17.6 Å². The van der Waals surface area contributed by atoms with Crippen LogP contribution in [-0.2, 0) is 0 Å². The van der Waals surface area contributed by atoms with Gasteiger partial charge in [-0.05, 0) is 31.9 Å². The van der Waals surface area contributed by atoms with Crippen molar-refractivity contribution in [2.45, 2.75) is 25.8 Å². The molecule has 0 aromatic carbocycles. The number of nitrogens with zero attached hydrogens (tertiary/aromatic N) is 2. The lowest BCUT2D eigenvalue weighted by Gasteiger charge is -2.32. The van der Waals surface area contributed by atoms with Crippen LogP contribution in [0.2, 0.25) is 0 Å². The summed E-state index contributed by atoms with van der Waals surface area (Å²) in [5.74, 6) is 0.0252. The molecule has 1 unspecified atom stereocenters. The zero-order valence-corrected chi connectivity index (χ0v) is 13.1. The molecule has 1 N–H and O–H groups in total. The Bertz CT molecular complexity index is 665. The minimum absolute atomic E-state index is 0.0535. The van der Waals surface area contributed by atoms with E-state index in [-0.39, 0.29) is 17.9 Å². The van der Waals surface area contributed by atoms with Crippen LogP contribution in [0.25, 0.3) is 0 Å².